The Labute approximate surface area is 208 Å². The molecule has 1 fully saturated rings. The van der Waals surface area contributed by atoms with Gasteiger partial charge in [-0.1, -0.05) is 35.5 Å². The molecule has 14 heteroatoms. The van der Waals surface area contributed by atoms with Crippen LogP contribution in [-0.2, 0) is 16.6 Å². The molecule has 0 spiro atoms. The maximum absolute atomic E-state index is 13.2. The normalized spacial score (nSPS) is 17.2. The van der Waals surface area contributed by atoms with Gasteiger partial charge in [-0.3, -0.25) is 4.79 Å². The van der Waals surface area contributed by atoms with E-state index in [9.17, 15) is 26.4 Å². The smallest absolute Gasteiger partial charge is 0.406 e. The first kappa shape index (κ1) is 24.9. The number of aromatic nitrogens is 5. The van der Waals surface area contributed by atoms with E-state index < -0.39 is 33.6 Å². The number of nitrogens with one attached hydrogen (secondary N) is 1. The highest BCUT2D eigenvalue weighted by Crippen LogP contribution is 2.30. The number of H-pyrrole nitrogens is 1. The van der Waals surface area contributed by atoms with E-state index in [0.29, 0.717) is 30.9 Å². The summed E-state index contributed by atoms with van der Waals surface area (Å²) in [7, 11) is -4.01. The van der Waals surface area contributed by atoms with Crippen molar-refractivity contribution in [3.05, 3.63) is 76.3 Å². The van der Waals surface area contributed by atoms with E-state index in [4.69, 9.17) is 0 Å². The van der Waals surface area contributed by atoms with Gasteiger partial charge >= 0.3 is 6.36 Å². The monoisotopic (exact) mass is 534 g/mol. The molecule has 0 radical (unpaired) electrons. The van der Waals surface area contributed by atoms with Crippen molar-refractivity contribution in [2.45, 2.75) is 36.6 Å². The van der Waals surface area contributed by atoms with E-state index >= 15 is 0 Å². The average molecular weight is 535 g/mol. The highest BCUT2D eigenvalue weighted by molar-refractivity contribution is 7.89. The summed E-state index contributed by atoms with van der Waals surface area (Å²) in [6.45, 7) is 0.615. The quantitative estimate of drug-likeness (QED) is 0.403. The minimum Gasteiger partial charge on any atom is -0.406 e. The van der Waals surface area contributed by atoms with Gasteiger partial charge in [0.15, 0.2) is 11.2 Å². The van der Waals surface area contributed by atoms with Crippen molar-refractivity contribution in [2.75, 3.05) is 13.1 Å². The number of hydrogen-bond donors (Lipinski definition) is 1. The molecule has 1 aliphatic rings. The Morgan fingerprint density at radius 2 is 1.81 bits per heavy atom. The topological polar surface area (TPSA) is 123 Å². The first-order valence-electron chi connectivity index (χ1n) is 11.3. The van der Waals surface area contributed by atoms with E-state index in [2.05, 4.69) is 25.0 Å². The second-order valence-corrected chi connectivity index (χ2v) is 10.5. The van der Waals surface area contributed by atoms with E-state index in [1.165, 1.54) is 8.99 Å². The van der Waals surface area contributed by atoms with Crippen molar-refractivity contribution in [1.82, 2.24) is 29.3 Å². The van der Waals surface area contributed by atoms with Crippen LogP contribution < -0.4 is 10.3 Å². The van der Waals surface area contributed by atoms with Gasteiger partial charge in [0.2, 0.25) is 10.0 Å². The lowest BCUT2D eigenvalue weighted by molar-refractivity contribution is -0.274. The third-order valence-electron chi connectivity index (χ3n) is 6.03. The van der Waals surface area contributed by atoms with Crippen molar-refractivity contribution in [2.24, 2.45) is 0 Å². The summed E-state index contributed by atoms with van der Waals surface area (Å²) in [4.78, 5) is 19.8. The van der Waals surface area contributed by atoms with Gasteiger partial charge in [-0.25, -0.2) is 18.1 Å². The van der Waals surface area contributed by atoms with Crippen molar-refractivity contribution >= 4 is 21.2 Å². The van der Waals surface area contributed by atoms with Crippen LogP contribution in [0.2, 0.25) is 0 Å². The first-order chi connectivity index (χ1) is 17.6. The molecule has 0 aliphatic carbocycles. The van der Waals surface area contributed by atoms with E-state index in [1.54, 1.807) is 0 Å². The molecule has 1 atom stereocenters. The Morgan fingerprint density at radius 3 is 2.51 bits per heavy atom. The van der Waals surface area contributed by atoms with Crippen LogP contribution in [0.3, 0.4) is 0 Å². The van der Waals surface area contributed by atoms with Crippen LogP contribution in [0.15, 0.2) is 64.3 Å². The van der Waals surface area contributed by atoms with Crippen molar-refractivity contribution in [3.8, 4) is 5.75 Å². The van der Waals surface area contributed by atoms with Gasteiger partial charge in [-0.15, -0.1) is 18.3 Å². The fraction of sp³-hybridized carbons (Fsp3) is 0.304. The molecule has 4 aromatic rings. The van der Waals surface area contributed by atoms with E-state index in [1.807, 2.05) is 30.3 Å². The lowest BCUT2D eigenvalue weighted by Crippen LogP contribution is -2.39. The van der Waals surface area contributed by atoms with Crippen LogP contribution in [0.1, 0.15) is 30.1 Å². The molecule has 2 aromatic heterocycles. The molecular formula is C23H21F3N6O4S. The predicted octanol–water partition coefficient (Wildman–Crippen LogP) is 3.03. The first-order valence-corrected chi connectivity index (χ1v) is 12.8. The van der Waals surface area contributed by atoms with Crippen LogP contribution in [0.25, 0.3) is 11.2 Å². The van der Waals surface area contributed by atoms with Gasteiger partial charge in [-0.2, -0.15) is 4.31 Å². The highest BCUT2D eigenvalue weighted by atomic mass is 32.2. The van der Waals surface area contributed by atoms with Gasteiger partial charge in [0.25, 0.3) is 5.56 Å². The molecule has 1 aliphatic heterocycles. The van der Waals surface area contributed by atoms with Crippen molar-refractivity contribution in [3.63, 3.8) is 0 Å². The zero-order chi connectivity index (χ0) is 26.2. The molecule has 0 unspecified atom stereocenters. The molecule has 3 heterocycles. The molecule has 0 amide bonds. The Hall–Kier alpha value is -3.78. The Balaban J connectivity index is 1.39. The molecular weight excluding hydrogens is 513 g/mol. The minimum absolute atomic E-state index is 0.0395. The van der Waals surface area contributed by atoms with Gasteiger partial charge < -0.3 is 9.72 Å². The second-order valence-electron chi connectivity index (χ2n) is 8.58. The van der Waals surface area contributed by atoms with Crippen LogP contribution in [-0.4, -0.2) is 57.1 Å². The van der Waals surface area contributed by atoms with Crippen molar-refractivity contribution < 1.29 is 26.3 Å². The van der Waals surface area contributed by atoms with Crippen LogP contribution in [0, 0.1) is 0 Å². The zero-order valence-corrected chi connectivity index (χ0v) is 20.0. The molecule has 2 aromatic carbocycles. The lowest BCUT2D eigenvalue weighted by atomic mass is 9.99. The zero-order valence-electron chi connectivity index (χ0n) is 19.2. The van der Waals surface area contributed by atoms with E-state index in [-0.39, 0.29) is 23.5 Å². The molecule has 5 rings (SSSR count). The molecule has 194 valence electrons. The Bertz CT molecular complexity index is 1570. The van der Waals surface area contributed by atoms with Crippen LogP contribution in [0.4, 0.5) is 13.2 Å². The minimum atomic E-state index is -4.88. The summed E-state index contributed by atoms with van der Waals surface area (Å²) < 4.78 is 70.2. The van der Waals surface area contributed by atoms with Gasteiger partial charge in [0, 0.05) is 19.0 Å². The number of sulfonamides is 1. The lowest BCUT2D eigenvalue weighted by Gasteiger charge is -2.31. The fourth-order valence-corrected chi connectivity index (χ4v) is 5.81. The van der Waals surface area contributed by atoms with Gasteiger partial charge in [0.1, 0.15) is 11.6 Å². The molecule has 37 heavy (non-hydrogen) atoms. The van der Waals surface area contributed by atoms with Crippen LogP contribution >= 0.6 is 0 Å². The number of benzene rings is 2. The van der Waals surface area contributed by atoms with E-state index in [0.717, 1.165) is 29.8 Å². The largest absolute Gasteiger partial charge is 0.573 e. The van der Waals surface area contributed by atoms with Crippen molar-refractivity contribution in [1.29, 1.82) is 0 Å². The summed E-state index contributed by atoms with van der Waals surface area (Å²) >= 11 is 0. The third kappa shape index (κ3) is 5.34. The number of alkyl halides is 3. The maximum Gasteiger partial charge on any atom is 0.573 e. The molecule has 0 saturated carbocycles. The number of piperidine rings is 1. The summed E-state index contributed by atoms with van der Waals surface area (Å²) in [6, 6.07) is 13.5. The number of ether oxygens (including phenoxy) is 1. The van der Waals surface area contributed by atoms with Gasteiger partial charge in [0.05, 0.1) is 11.4 Å². The number of nitrogens with zero attached hydrogens (tertiary/aromatic N) is 5. The van der Waals surface area contributed by atoms with Crippen LogP contribution in [0.5, 0.6) is 5.75 Å². The second kappa shape index (κ2) is 9.59. The number of halogens is 3. The summed E-state index contributed by atoms with van der Waals surface area (Å²) in [5.74, 6) is -0.602. The average Bonchev–Trinajstić information content (AvgIpc) is 3.27. The number of hydrogen-bond acceptors (Lipinski definition) is 7. The summed E-state index contributed by atoms with van der Waals surface area (Å²) in [5, 5.41) is 8.00. The molecule has 1 N–H and O–H groups in total. The molecule has 10 nitrogen and oxygen atoms in total. The standard InChI is InChI=1S/C23H21F3N6O4S/c24-23(25,26)36-17-8-10-18(11-9-17)37(34,35)31-12-4-7-16(14-31)20-27-21-19(22(33)28-20)29-30-32(21)13-15-5-2-1-3-6-15/h1-3,5-6,8-11,16H,4,7,12-14H2,(H,27,28,33)/t16-/m0/s1. The van der Waals surface area contributed by atoms with Gasteiger partial charge in [-0.05, 0) is 42.7 Å². The number of rotatable bonds is 6. The number of aromatic amines is 1. The highest BCUT2D eigenvalue weighted by Gasteiger charge is 2.34. The maximum atomic E-state index is 13.2. The Kier molecular flexibility index (Phi) is 6.45. The Morgan fingerprint density at radius 1 is 1.08 bits per heavy atom. The predicted molar refractivity (Wildman–Crippen MR) is 125 cm³/mol. The number of fused-ring (bicyclic) bond motifs is 1. The third-order valence-corrected chi connectivity index (χ3v) is 7.91. The molecule has 0 bridgehead atoms. The molecule has 1 saturated heterocycles. The summed E-state index contributed by atoms with van der Waals surface area (Å²) in [6.07, 6.45) is -3.79. The summed E-state index contributed by atoms with van der Waals surface area (Å²) in [5.41, 5.74) is 0.850. The SMILES string of the molecule is O=c1[nH]c([C@H]2CCCN(S(=O)(=O)c3ccc(OC(F)(F)F)cc3)C2)nc2c1nnn2Cc1ccccc1. The fourth-order valence-electron chi connectivity index (χ4n) is 4.29.